The number of nitrogens with zero attached hydrogens (tertiary/aromatic N) is 1. The van der Waals surface area contributed by atoms with Crippen LogP contribution in [0.2, 0.25) is 0 Å². The van der Waals surface area contributed by atoms with Gasteiger partial charge in [0.1, 0.15) is 0 Å². The van der Waals surface area contributed by atoms with Crippen LogP contribution >= 0.6 is 0 Å². The third kappa shape index (κ3) is 3.51. The first-order chi connectivity index (χ1) is 5.43. The first-order valence-corrected chi connectivity index (χ1v) is 4.54. The van der Waals surface area contributed by atoms with E-state index in [9.17, 15) is 0 Å². The molecule has 0 spiro atoms. The minimum absolute atomic E-state index is 0.184. The zero-order valence-corrected chi connectivity index (χ0v) is 7.00. The molecule has 0 aromatic carbocycles. The first-order valence-electron chi connectivity index (χ1n) is 4.54. The van der Waals surface area contributed by atoms with Gasteiger partial charge in [0.15, 0.2) is 0 Å². The Morgan fingerprint density at radius 3 is 2.64 bits per heavy atom. The molecule has 2 heteroatoms. The summed E-state index contributed by atoms with van der Waals surface area (Å²) < 4.78 is 0. The molecule has 0 atom stereocenters. The van der Waals surface area contributed by atoms with E-state index in [0.29, 0.717) is 12.5 Å². The second-order valence-electron chi connectivity index (χ2n) is 3.18. The fraction of sp³-hybridized carbons (Fsp3) is 0.889. The van der Waals surface area contributed by atoms with E-state index in [1.807, 2.05) is 6.21 Å². The quantitative estimate of drug-likeness (QED) is 0.617. The molecule has 0 heterocycles. The third-order valence-electron chi connectivity index (χ3n) is 2.20. The summed E-state index contributed by atoms with van der Waals surface area (Å²) in [6.45, 7) is 0.764. The zero-order chi connectivity index (χ0) is 7.94. The number of hydrogen-bond acceptors (Lipinski definition) is 2. The van der Waals surface area contributed by atoms with E-state index in [0.717, 1.165) is 0 Å². The second kappa shape index (κ2) is 5.30. The van der Waals surface area contributed by atoms with Crippen molar-refractivity contribution in [3.63, 3.8) is 0 Å². The molecule has 1 aliphatic carbocycles. The lowest BCUT2D eigenvalue weighted by Crippen LogP contribution is -2.07. The summed E-state index contributed by atoms with van der Waals surface area (Å²) in [6, 6.07) is 0. The van der Waals surface area contributed by atoms with Crippen LogP contribution in [0.15, 0.2) is 4.99 Å². The standard InChI is InChI=1S/C9H17NO/c11-7-6-10-8-9-4-2-1-3-5-9/h8-9,11H,1-7H2. The van der Waals surface area contributed by atoms with Gasteiger partial charge in [0, 0.05) is 6.21 Å². The average molecular weight is 155 g/mol. The van der Waals surface area contributed by atoms with Crippen LogP contribution in [0, 0.1) is 5.92 Å². The van der Waals surface area contributed by atoms with Gasteiger partial charge in [-0.1, -0.05) is 19.3 Å². The highest BCUT2D eigenvalue weighted by atomic mass is 16.3. The fourth-order valence-corrected chi connectivity index (χ4v) is 1.56. The van der Waals surface area contributed by atoms with Gasteiger partial charge < -0.3 is 5.11 Å². The van der Waals surface area contributed by atoms with Crippen molar-refractivity contribution in [1.29, 1.82) is 0 Å². The molecule has 1 N–H and O–H groups in total. The van der Waals surface area contributed by atoms with Gasteiger partial charge in [-0.2, -0.15) is 0 Å². The molecular formula is C9H17NO. The predicted molar refractivity (Wildman–Crippen MR) is 47.0 cm³/mol. The monoisotopic (exact) mass is 155 g/mol. The maximum Gasteiger partial charge on any atom is 0.0626 e. The average Bonchev–Trinajstić information content (AvgIpc) is 2.07. The van der Waals surface area contributed by atoms with Crippen molar-refractivity contribution < 1.29 is 5.11 Å². The van der Waals surface area contributed by atoms with Gasteiger partial charge >= 0.3 is 0 Å². The Morgan fingerprint density at radius 1 is 1.27 bits per heavy atom. The van der Waals surface area contributed by atoms with E-state index in [1.165, 1.54) is 32.1 Å². The third-order valence-corrected chi connectivity index (χ3v) is 2.20. The van der Waals surface area contributed by atoms with Crippen LogP contribution in [0.3, 0.4) is 0 Å². The summed E-state index contributed by atoms with van der Waals surface area (Å²) in [6.07, 6.45) is 8.75. The summed E-state index contributed by atoms with van der Waals surface area (Å²) in [5.74, 6) is 0.704. The number of aliphatic hydroxyl groups excluding tert-OH is 1. The number of aliphatic imine (C=N–C) groups is 1. The van der Waals surface area contributed by atoms with Crippen molar-refractivity contribution in [2.75, 3.05) is 13.2 Å². The summed E-state index contributed by atoms with van der Waals surface area (Å²) in [7, 11) is 0. The van der Waals surface area contributed by atoms with Crippen LogP contribution in [0.25, 0.3) is 0 Å². The molecule has 2 nitrogen and oxygen atoms in total. The van der Waals surface area contributed by atoms with Crippen LogP contribution in [0.4, 0.5) is 0 Å². The Morgan fingerprint density at radius 2 is 2.00 bits per heavy atom. The Balaban J connectivity index is 2.13. The van der Waals surface area contributed by atoms with Gasteiger partial charge in [-0.3, -0.25) is 4.99 Å². The predicted octanol–water partition coefficient (Wildman–Crippen LogP) is 1.63. The maximum absolute atomic E-state index is 8.48. The van der Waals surface area contributed by atoms with E-state index in [-0.39, 0.29) is 6.61 Å². The molecule has 0 radical (unpaired) electrons. The molecule has 0 bridgehead atoms. The smallest absolute Gasteiger partial charge is 0.0626 e. The highest BCUT2D eigenvalue weighted by molar-refractivity contribution is 5.60. The lowest BCUT2D eigenvalue weighted by molar-refractivity contribution is 0.306. The molecule has 1 rings (SSSR count). The van der Waals surface area contributed by atoms with E-state index in [2.05, 4.69) is 4.99 Å². The molecule has 0 saturated heterocycles. The number of hydrogen-bond donors (Lipinski definition) is 1. The lowest BCUT2D eigenvalue weighted by Gasteiger charge is -2.16. The minimum Gasteiger partial charge on any atom is -0.394 e. The van der Waals surface area contributed by atoms with Crippen molar-refractivity contribution in [3.05, 3.63) is 0 Å². The second-order valence-corrected chi connectivity index (χ2v) is 3.18. The number of aliphatic hydroxyl groups is 1. The molecule has 1 saturated carbocycles. The van der Waals surface area contributed by atoms with Gasteiger partial charge in [0.2, 0.25) is 0 Å². The van der Waals surface area contributed by atoms with Gasteiger partial charge in [-0.05, 0) is 18.8 Å². The van der Waals surface area contributed by atoms with Crippen LogP contribution < -0.4 is 0 Å². The minimum atomic E-state index is 0.184. The molecule has 1 fully saturated rings. The van der Waals surface area contributed by atoms with Crippen LogP contribution in [-0.2, 0) is 0 Å². The van der Waals surface area contributed by atoms with Crippen molar-refractivity contribution in [2.45, 2.75) is 32.1 Å². The molecule has 0 aromatic heterocycles. The molecule has 11 heavy (non-hydrogen) atoms. The molecule has 0 aromatic rings. The summed E-state index contributed by atoms with van der Waals surface area (Å²) in [5.41, 5.74) is 0. The molecule has 1 aliphatic rings. The van der Waals surface area contributed by atoms with Crippen LogP contribution in [0.1, 0.15) is 32.1 Å². The Hall–Kier alpha value is -0.370. The summed E-state index contributed by atoms with van der Waals surface area (Å²) in [5, 5.41) is 8.48. The first kappa shape index (κ1) is 8.72. The Kier molecular flexibility index (Phi) is 4.21. The van der Waals surface area contributed by atoms with Crippen molar-refractivity contribution >= 4 is 6.21 Å². The lowest BCUT2D eigenvalue weighted by atomic mass is 9.90. The van der Waals surface area contributed by atoms with Gasteiger partial charge in [0.25, 0.3) is 0 Å². The molecule has 0 unspecified atom stereocenters. The normalized spacial score (nSPS) is 21.2. The Labute approximate surface area is 68.3 Å². The van der Waals surface area contributed by atoms with Crippen LogP contribution in [-0.4, -0.2) is 24.5 Å². The summed E-state index contributed by atoms with van der Waals surface area (Å²) >= 11 is 0. The van der Waals surface area contributed by atoms with E-state index >= 15 is 0 Å². The van der Waals surface area contributed by atoms with E-state index in [1.54, 1.807) is 0 Å². The molecule has 64 valence electrons. The Bertz CT molecular complexity index is 117. The largest absolute Gasteiger partial charge is 0.394 e. The SMILES string of the molecule is OCCN=CC1CCCCC1. The van der Waals surface area contributed by atoms with Crippen molar-refractivity contribution in [3.8, 4) is 0 Å². The highest BCUT2D eigenvalue weighted by Gasteiger charge is 2.09. The maximum atomic E-state index is 8.48. The molecule has 0 amide bonds. The number of rotatable bonds is 3. The molecular weight excluding hydrogens is 138 g/mol. The topological polar surface area (TPSA) is 32.6 Å². The van der Waals surface area contributed by atoms with Crippen molar-refractivity contribution in [2.24, 2.45) is 10.9 Å². The zero-order valence-electron chi connectivity index (χ0n) is 7.00. The summed E-state index contributed by atoms with van der Waals surface area (Å²) in [4.78, 5) is 4.14. The van der Waals surface area contributed by atoms with E-state index in [4.69, 9.17) is 5.11 Å². The van der Waals surface area contributed by atoms with Gasteiger partial charge in [-0.15, -0.1) is 0 Å². The fourth-order valence-electron chi connectivity index (χ4n) is 1.56. The van der Waals surface area contributed by atoms with Crippen molar-refractivity contribution in [1.82, 2.24) is 0 Å². The van der Waals surface area contributed by atoms with Gasteiger partial charge in [0.05, 0.1) is 13.2 Å². The highest BCUT2D eigenvalue weighted by Crippen LogP contribution is 2.21. The molecule has 0 aliphatic heterocycles. The van der Waals surface area contributed by atoms with Crippen LogP contribution in [0.5, 0.6) is 0 Å². The van der Waals surface area contributed by atoms with Gasteiger partial charge in [-0.25, -0.2) is 0 Å². The van der Waals surface area contributed by atoms with E-state index < -0.39 is 0 Å².